The Morgan fingerprint density at radius 2 is 1.65 bits per heavy atom. The molecule has 1 aromatic heterocycles. The Hall–Kier alpha value is -4.19. The quantitative estimate of drug-likeness (QED) is 0.260. The van der Waals surface area contributed by atoms with Crippen molar-refractivity contribution in [2.45, 2.75) is 13.0 Å². The molecule has 1 amide bonds. The standard InChI is InChI=1S/C27H20Cl2N4O4/c1-16(26(34)19(14-30)27(35)33(2)23-9-5-6-20(28)25(23)29)36-17-10-12-18(13-11-17)37-24-15-31-21-7-3-4-8-22(21)32-24/h3-13,15-16,19H,1-2H3. The number of ether oxygens (including phenoxy) is 2. The van der Waals surface area contributed by atoms with E-state index in [0.717, 1.165) is 10.4 Å². The third kappa shape index (κ3) is 5.80. The average Bonchev–Trinajstić information content (AvgIpc) is 2.91. The van der Waals surface area contributed by atoms with E-state index in [9.17, 15) is 14.9 Å². The Kier molecular flexibility index (Phi) is 7.87. The fourth-order valence-corrected chi connectivity index (χ4v) is 3.92. The molecule has 0 N–H and O–H groups in total. The number of para-hydroxylation sites is 2. The summed E-state index contributed by atoms with van der Waals surface area (Å²) in [7, 11) is 1.42. The van der Waals surface area contributed by atoms with Gasteiger partial charge in [-0.1, -0.05) is 41.4 Å². The number of fused-ring (bicyclic) bond motifs is 1. The second kappa shape index (κ2) is 11.2. The van der Waals surface area contributed by atoms with E-state index in [2.05, 4.69) is 9.97 Å². The van der Waals surface area contributed by atoms with Crippen LogP contribution >= 0.6 is 23.2 Å². The zero-order valence-corrected chi connectivity index (χ0v) is 21.3. The Balaban J connectivity index is 1.41. The first-order chi connectivity index (χ1) is 17.8. The van der Waals surface area contributed by atoms with Crippen LogP contribution in [0.5, 0.6) is 17.4 Å². The van der Waals surface area contributed by atoms with E-state index in [1.54, 1.807) is 48.5 Å². The van der Waals surface area contributed by atoms with Gasteiger partial charge in [0, 0.05) is 7.05 Å². The van der Waals surface area contributed by atoms with Crippen molar-refractivity contribution in [1.29, 1.82) is 5.26 Å². The zero-order chi connectivity index (χ0) is 26.5. The summed E-state index contributed by atoms with van der Waals surface area (Å²) in [4.78, 5) is 35.7. The maximum absolute atomic E-state index is 12.9. The molecule has 8 nitrogen and oxygen atoms in total. The number of ketones is 1. The first-order valence-corrected chi connectivity index (χ1v) is 11.9. The number of amides is 1. The van der Waals surface area contributed by atoms with E-state index in [4.69, 9.17) is 32.7 Å². The topological polar surface area (TPSA) is 105 Å². The van der Waals surface area contributed by atoms with Gasteiger partial charge in [-0.2, -0.15) is 5.26 Å². The highest BCUT2D eigenvalue weighted by atomic mass is 35.5. The van der Waals surface area contributed by atoms with Crippen LogP contribution in [0, 0.1) is 17.2 Å². The van der Waals surface area contributed by atoms with Gasteiger partial charge in [0.1, 0.15) is 11.5 Å². The molecule has 2 unspecified atom stereocenters. The second-order valence-corrected chi connectivity index (χ2v) is 8.75. The van der Waals surface area contributed by atoms with Gasteiger partial charge in [-0.15, -0.1) is 0 Å². The molecule has 4 aromatic rings. The summed E-state index contributed by atoms with van der Waals surface area (Å²) in [6.07, 6.45) is 0.454. The summed E-state index contributed by atoms with van der Waals surface area (Å²) in [5.41, 5.74) is 1.75. The number of nitrogens with zero attached hydrogens (tertiary/aromatic N) is 4. The molecular weight excluding hydrogens is 515 g/mol. The van der Waals surface area contributed by atoms with Gasteiger partial charge >= 0.3 is 0 Å². The van der Waals surface area contributed by atoms with E-state index in [1.165, 1.54) is 20.2 Å². The summed E-state index contributed by atoms with van der Waals surface area (Å²) in [5, 5.41) is 9.97. The van der Waals surface area contributed by atoms with Crippen molar-refractivity contribution in [2.24, 2.45) is 5.92 Å². The number of carbonyl (C=O) groups is 2. The smallest absolute Gasteiger partial charge is 0.251 e. The highest BCUT2D eigenvalue weighted by molar-refractivity contribution is 6.44. The van der Waals surface area contributed by atoms with Crippen molar-refractivity contribution in [2.75, 3.05) is 11.9 Å². The number of rotatable bonds is 8. The summed E-state index contributed by atoms with van der Waals surface area (Å²) in [5.74, 6) is -1.86. The van der Waals surface area contributed by atoms with Crippen LogP contribution in [0.15, 0.2) is 72.9 Å². The molecule has 3 aromatic carbocycles. The molecule has 4 rings (SSSR count). The van der Waals surface area contributed by atoms with Gasteiger partial charge in [0.15, 0.2) is 17.8 Å². The monoisotopic (exact) mass is 534 g/mol. The molecule has 10 heteroatoms. The number of carbonyl (C=O) groups excluding carboxylic acids is 2. The second-order valence-electron chi connectivity index (χ2n) is 7.97. The van der Waals surface area contributed by atoms with Crippen molar-refractivity contribution in [3.05, 3.63) is 83.0 Å². The molecule has 0 bridgehead atoms. The van der Waals surface area contributed by atoms with Crippen LogP contribution in [0.2, 0.25) is 10.0 Å². The summed E-state index contributed by atoms with van der Waals surface area (Å²) < 4.78 is 11.5. The molecule has 0 aliphatic heterocycles. The minimum Gasteiger partial charge on any atom is -0.483 e. The fraction of sp³-hybridized carbons (Fsp3) is 0.148. The normalized spacial score (nSPS) is 12.3. The molecule has 0 saturated carbocycles. The van der Waals surface area contributed by atoms with Gasteiger partial charge in [-0.25, -0.2) is 9.97 Å². The molecule has 0 aliphatic carbocycles. The van der Waals surface area contributed by atoms with Gasteiger partial charge < -0.3 is 14.4 Å². The van der Waals surface area contributed by atoms with Crippen molar-refractivity contribution in [3.63, 3.8) is 0 Å². The first-order valence-electron chi connectivity index (χ1n) is 11.1. The SMILES string of the molecule is CC(Oc1ccc(Oc2cnc3ccccc3n2)cc1)C(=O)C(C#N)C(=O)N(C)c1cccc(Cl)c1Cl. The summed E-state index contributed by atoms with van der Waals surface area (Å²) >= 11 is 12.2. The minimum atomic E-state index is -1.59. The molecule has 2 atom stereocenters. The molecule has 186 valence electrons. The van der Waals surface area contributed by atoms with Gasteiger partial charge in [-0.3, -0.25) is 9.59 Å². The number of benzene rings is 3. The fourth-order valence-electron chi connectivity index (χ4n) is 3.50. The maximum Gasteiger partial charge on any atom is 0.251 e. The van der Waals surface area contributed by atoms with Crippen LogP contribution in [-0.2, 0) is 9.59 Å². The van der Waals surface area contributed by atoms with E-state index in [0.29, 0.717) is 22.9 Å². The van der Waals surface area contributed by atoms with Crippen LogP contribution < -0.4 is 14.4 Å². The Bertz CT molecular complexity index is 1500. The van der Waals surface area contributed by atoms with Crippen molar-refractivity contribution in [1.82, 2.24) is 9.97 Å². The number of hydrogen-bond donors (Lipinski definition) is 0. The Morgan fingerprint density at radius 3 is 2.35 bits per heavy atom. The predicted molar refractivity (Wildman–Crippen MR) is 140 cm³/mol. The van der Waals surface area contributed by atoms with Crippen molar-refractivity contribution < 1.29 is 19.1 Å². The number of aromatic nitrogens is 2. The number of hydrogen-bond acceptors (Lipinski definition) is 7. The van der Waals surface area contributed by atoms with Crippen molar-refractivity contribution >= 4 is 51.6 Å². The van der Waals surface area contributed by atoms with Gasteiger partial charge in [-0.05, 0) is 55.5 Å². The van der Waals surface area contributed by atoms with Crippen LogP contribution in [0.4, 0.5) is 5.69 Å². The largest absolute Gasteiger partial charge is 0.483 e. The van der Waals surface area contributed by atoms with Crippen molar-refractivity contribution in [3.8, 4) is 23.4 Å². The Morgan fingerprint density at radius 1 is 0.973 bits per heavy atom. The Labute approximate surface area is 223 Å². The van der Waals surface area contributed by atoms with E-state index >= 15 is 0 Å². The van der Waals surface area contributed by atoms with E-state index < -0.39 is 23.7 Å². The van der Waals surface area contributed by atoms with E-state index in [-0.39, 0.29) is 15.7 Å². The molecular formula is C27H20Cl2N4O4. The van der Waals surface area contributed by atoms with Crippen LogP contribution in [0.25, 0.3) is 11.0 Å². The van der Waals surface area contributed by atoms with Crippen LogP contribution in [0.1, 0.15) is 6.92 Å². The lowest BCUT2D eigenvalue weighted by Crippen LogP contribution is -2.41. The molecule has 37 heavy (non-hydrogen) atoms. The maximum atomic E-state index is 12.9. The third-order valence-corrected chi connectivity index (χ3v) is 6.28. The van der Waals surface area contributed by atoms with Crippen LogP contribution in [0.3, 0.4) is 0 Å². The summed E-state index contributed by atoms with van der Waals surface area (Å²) in [6.45, 7) is 1.47. The highest BCUT2D eigenvalue weighted by Gasteiger charge is 2.34. The molecule has 0 saturated heterocycles. The number of halogens is 2. The molecule has 0 spiro atoms. The summed E-state index contributed by atoms with van der Waals surface area (Å²) in [6, 6.07) is 20.5. The number of nitriles is 1. The lowest BCUT2D eigenvalue weighted by atomic mass is 10.00. The van der Waals surface area contributed by atoms with Gasteiger partial charge in [0.25, 0.3) is 5.91 Å². The molecule has 0 aliphatic rings. The average molecular weight is 535 g/mol. The third-order valence-electron chi connectivity index (χ3n) is 5.47. The zero-order valence-electron chi connectivity index (χ0n) is 19.8. The lowest BCUT2D eigenvalue weighted by Gasteiger charge is -2.23. The predicted octanol–water partition coefficient (Wildman–Crippen LogP) is 5.87. The number of Topliss-reactive ketones (excluding diaryl/α,β-unsaturated/α-hetero) is 1. The minimum absolute atomic E-state index is 0.144. The van der Waals surface area contributed by atoms with Gasteiger partial charge in [0.05, 0.1) is 39.0 Å². The van der Waals surface area contributed by atoms with Gasteiger partial charge in [0.2, 0.25) is 5.88 Å². The molecule has 1 heterocycles. The molecule has 0 radical (unpaired) electrons. The van der Waals surface area contributed by atoms with E-state index in [1.807, 2.05) is 24.3 Å². The highest BCUT2D eigenvalue weighted by Crippen LogP contribution is 2.32. The lowest BCUT2D eigenvalue weighted by molar-refractivity contribution is -0.134. The first kappa shape index (κ1) is 25.9. The molecule has 0 fully saturated rings. The van der Waals surface area contributed by atoms with Crippen LogP contribution in [-0.4, -0.2) is 34.8 Å². The number of anilines is 1.